The van der Waals surface area contributed by atoms with Crippen molar-refractivity contribution in [2.75, 3.05) is 0 Å². The Balaban J connectivity index is -0.000000102. The Bertz CT molecular complexity index is 3850. The van der Waals surface area contributed by atoms with Gasteiger partial charge in [-0.25, -0.2) is 0 Å². The Morgan fingerprint density at radius 1 is 0.282 bits per heavy atom. The normalized spacial score (nSPS) is 8.35. The molecule has 0 aliphatic heterocycles. The maximum absolute atomic E-state index is 9.37. The molecule has 2 N–H and O–H groups in total. The molecule has 9 aromatic carbocycles. The molecule has 0 unspecified atom stereocenters. The van der Waals surface area contributed by atoms with E-state index in [0.717, 1.165) is 17.2 Å². The van der Waals surface area contributed by atoms with Gasteiger partial charge in [0.25, 0.3) is 0 Å². The number of hydrogen-bond donors (Lipinski definition) is 1. The molecule has 696 valence electrons. The first kappa shape index (κ1) is 147. The Kier molecular flexibility index (Phi) is 109. The molecule has 3 aromatic heterocycles. The number of carboxylic acid groups (broad SMARTS) is 1. The van der Waals surface area contributed by atoms with Gasteiger partial charge in [0.15, 0.2) is 0 Å². The standard InChI is InChI=1S/3C26H24OS.C3H6O2.2C3H8.9C2H6.9CH4.Li.H2O/c3*1-18-16-24(27-17-21-10-6-4-7-11-21)25(20(3)19(18)2)26-23(14-15-28-26)22-12-8-5-9-13-22;1-2-3(4)5;2*1-3-2;9*1-2;;;;;;;;;;;/h3*4-16H,17H2,1-3H3;2H2,1H3,(H,4,5);2*3H2,1-2H3;9*1-2H3;9*1H4;;1H2/q;;;;;;;;;;;;;;;;;;;;;;;;+1;/p-1. The minimum atomic E-state index is -0.745. The van der Waals surface area contributed by atoms with Crippen molar-refractivity contribution < 1.29 is 48.4 Å². The number of thiophene rings is 3. The van der Waals surface area contributed by atoms with Crippen molar-refractivity contribution in [1.29, 1.82) is 0 Å². The van der Waals surface area contributed by atoms with Crippen LogP contribution in [-0.2, 0) is 24.6 Å². The van der Waals surface area contributed by atoms with Crippen LogP contribution in [0.4, 0.5) is 0 Å². The molecule has 3 heterocycles. The Morgan fingerprint density at radius 3 is 0.605 bits per heavy atom. The number of carboxylic acids is 1. The molecule has 124 heavy (non-hydrogen) atoms. The van der Waals surface area contributed by atoms with Crippen LogP contribution >= 0.6 is 34.0 Å². The summed E-state index contributed by atoms with van der Waals surface area (Å²) in [5.41, 5.74) is 26.4. The number of ether oxygens (including phenoxy) is 3. The summed E-state index contributed by atoms with van der Waals surface area (Å²) in [7, 11) is 0. The fraction of sp³-hybridized carbons (Fsp3) is 0.412. The van der Waals surface area contributed by atoms with E-state index in [2.05, 4.69) is 306 Å². The van der Waals surface area contributed by atoms with Crippen LogP contribution < -0.4 is 33.1 Å². The zero-order valence-electron chi connectivity index (χ0n) is 77.5. The van der Waals surface area contributed by atoms with Crippen LogP contribution in [0.1, 0.15) is 312 Å². The topological polar surface area (TPSA) is 95.0 Å². The van der Waals surface area contributed by atoms with E-state index in [1.807, 2.05) is 143 Å². The summed E-state index contributed by atoms with van der Waals surface area (Å²) < 4.78 is 19.1. The fourth-order valence-corrected chi connectivity index (χ4v) is 13.6. The summed E-state index contributed by atoms with van der Waals surface area (Å²) in [6, 6.07) is 76.1. The number of rotatable bonds is 16. The second-order valence-corrected chi connectivity index (χ2v) is 26.3. The van der Waals surface area contributed by atoms with Gasteiger partial charge in [0.1, 0.15) is 37.1 Å². The van der Waals surface area contributed by atoms with E-state index in [-0.39, 0.29) is 97.6 Å². The van der Waals surface area contributed by atoms with Gasteiger partial charge in [0, 0.05) is 54.4 Å². The van der Waals surface area contributed by atoms with Gasteiger partial charge in [0.05, 0.1) is 0 Å². The fourth-order valence-electron chi connectivity index (χ4n) is 10.6. The number of aryl methyl sites for hydroxylation is 3. The van der Waals surface area contributed by atoms with Gasteiger partial charge in [0.2, 0.25) is 0 Å². The molecule has 0 radical (unpaired) electrons. The molecule has 0 saturated heterocycles. The van der Waals surface area contributed by atoms with Gasteiger partial charge >= 0.3 is 24.8 Å². The number of hydrogen-bond acceptors (Lipinski definition) is 8. The second kappa shape index (κ2) is 92.2. The number of carbonyl (C=O) groups is 1. The van der Waals surface area contributed by atoms with E-state index in [1.54, 1.807) is 40.9 Å². The molecule has 12 rings (SSSR count). The van der Waals surface area contributed by atoms with Crippen molar-refractivity contribution >= 4 is 40.0 Å². The number of benzene rings is 9. The molecule has 0 amide bonds. The van der Waals surface area contributed by atoms with Gasteiger partial charge in [-0.15, -0.1) is 34.0 Å². The Labute approximate surface area is 793 Å². The molecular formula is C114H185LiO6S3. The van der Waals surface area contributed by atoms with Gasteiger partial charge in [-0.3, -0.25) is 4.79 Å². The van der Waals surface area contributed by atoms with Crippen molar-refractivity contribution in [2.24, 2.45) is 0 Å². The van der Waals surface area contributed by atoms with Crippen LogP contribution in [0, 0.1) is 62.3 Å². The summed E-state index contributed by atoms with van der Waals surface area (Å²) >= 11 is 5.35. The van der Waals surface area contributed by atoms with Crippen LogP contribution in [0.5, 0.6) is 17.2 Å². The first-order valence-electron chi connectivity index (χ1n) is 42.0. The maximum atomic E-state index is 9.37. The van der Waals surface area contributed by atoms with Crippen LogP contribution in [-0.4, -0.2) is 16.6 Å². The summed E-state index contributed by atoms with van der Waals surface area (Å²) in [6.45, 7) is 67.5. The molecule has 0 fully saturated rings. The average molecular weight is 1750 g/mol. The first-order chi connectivity index (χ1) is 55.0. The number of aliphatic carboxylic acids is 1. The third kappa shape index (κ3) is 49.4. The first-order valence-corrected chi connectivity index (χ1v) is 44.6. The quantitative estimate of drug-likeness (QED) is 0.0969. The molecular weight excluding hydrogens is 1570 g/mol. The van der Waals surface area contributed by atoms with Crippen LogP contribution in [0.15, 0.2) is 235 Å². The van der Waals surface area contributed by atoms with Crippen molar-refractivity contribution in [1.82, 2.24) is 0 Å². The SMILES string of the molecule is C.C.C.C.C.C.C.C.C.CC.CC.CC.CC.CC.CC.CC.CC.CC.CCC.CCC.CCC(=O)O.Cc1cc(OCc2ccccc2)c(-c2sccc2-c2ccccc2)c(C)c1C.Cc1cc(OCc2ccccc2)c(-c2sccc2-c2ccccc2)c(C)c1C.Cc1cc(OCc2ccccc2)c(-c2sccc2-c2ccccc2)c(C)c1C.[Li+].[OH-]. The van der Waals surface area contributed by atoms with E-state index in [9.17, 15) is 4.79 Å². The Morgan fingerprint density at radius 2 is 0.444 bits per heavy atom. The van der Waals surface area contributed by atoms with E-state index < -0.39 is 5.97 Å². The molecule has 0 bridgehead atoms. The third-order valence-electron chi connectivity index (χ3n) is 16.3. The Hall–Kier alpha value is -8.49. The predicted octanol–water partition coefficient (Wildman–Crippen LogP) is 37.9. The molecule has 0 atom stereocenters. The van der Waals surface area contributed by atoms with Crippen molar-refractivity contribution in [3.8, 4) is 82.0 Å². The zero-order valence-corrected chi connectivity index (χ0v) is 80.0. The van der Waals surface area contributed by atoms with Crippen LogP contribution in [0.3, 0.4) is 0 Å². The molecule has 10 heteroatoms. The van der Waals surface area contributed by atoms with E-state index in [4.69, 9.17) is 19.3 Å². The largest absolute Gasteiger partial charge is 1.00 e. The summed E-state index contributed by atoms with van der Waals surface area (Å²) in [4.78, 5) is 13.2. The van der Waals surface area contributed by atoms with Crippen LogP contribution in [0.25, 0.3) is 64.7 Å². The predicted molar refractivity (Wildman–Crippen MR) is 575 cm³/mol. The van der Waals surface area contributed by atoms with Crippen molar-refractivity contribution in [3.05, 3.63) is 301 Å². The van der Waals surface area contributed by atoms with E-state index >= 15 is 0 Å². The van der Waals surface area contributed by atoms with Crippen LogP contribution in [0.2, 0.25) is 0 Å². The smallest absolute Gasteiger partial charge is 0.870 e. The van der Waals surface area contributed by atoms with Gasteiger partial charge in [-0.05, 0) is 198 Å². The average Bonchev–Trinajstić information content (AvgIpc) is 1.50. The van der Waals surface area contributed by atoms with Crippen molar-refractivity contribution in [3.63, 3.8) is 0 Å². The van der Waals surface area contributed by atoms with E-state index in [0.29, 0.717) is 19.8 Å². The molecule has 0 saturated carbocycles. The monoisotopic (exact) mass is 1750 g/mol. The summed E-state index contributed by atoms with van der Waals surface area (Å²) in [5, 5.41) is 14.2. The summed E-state index contributed by atoms with van der Waals surface area (Å²) in [6.07, 6.45) is 2.72. The van der Waals surface area contributed by atoms with Gasteiger partial charge in [-0.2, -0.15) is 0 Å². The minimum absolute atomic E-state index is 0. The molecule has 0 aliphatic rings. The zero-order chi connectivity index (χ0) is 86.2. The van der Waals surface area contributed by atoms with E-state index in [1.165, 1.54) is 144 Å². The van der Waals surface area contributed by atoms with Gasteiger partial charge < -0.3 is 24.8 Å². The molecule has 0 spiro atoms. The molecule has 12 aromatic rings. The molecule has 0 aliphatic carbocycles. The summed E-state index contributed by atoms with van der Waals surface area (Å²) in [5.74, 6) is 2.14. The second-order valence-electron chi connectivity index (χ2n) is 23.5. The van der Waals surface area contributed by atoms with Gasteiger partial charge in [-0.1, -0.05) is 421 Å². The third-order valence-corrected chi connectivity index (χ3v) is 19.1. The molecule has 6 nitrogen and oxygen atoms in total. The maximum Gasteiger partial charge on any atom is 1.00 e. The van der Waals surface area contributed by atoms with Crippen molar-refractivity contribution in [2.45, 2.75) is 327 Å². The minimum Gasteiger partial charge on any atom is -0.870 e.